The van der Waals surface area contributed by atoms with E-state index in [1.165, 1.54) is 38.8 Å². The molecule has 0 aliphatic carbocycles. The van der Waals surface area contributed by atoms with Crippen LogP contribution >= 0.6 is 0 Å². The number of unbranched alkanes of at least 4 members (excludes halogenated alkanes) is 1. The van der Waals surface area contributed by atoms with Crippen molar-refractivity contribution in [1.82, 2.24) is 9.80 Å². The minimum Gasteiger partial charge on any atom is -0.343 e. The summed E-state index contributed by atoms with van der Waals surface area (Å²) in [5, 5.41) is 0. The molecule has 3 nitrogen and oxygen atoms in total. The Bertz CT molecular complexity index is 235. The largest absolute Gasteiger partial charge is 0.343 e. The van der Waals surface area contributed by atoms with Crippen LogP contribution < -0.4 is 0 Å². The minimum absolute atomic E-state index is 0.357. The number of likely N-dealkylation sites (tertiary alicyclic amines) is 1. The van der Waals surface area contributed by atoms with Crippen molar-refractivity contribution in [3.63, 3.8) is 0 Å². The van der Waals surface area contributed by atoms with E-state index in [0.29, 0.717) is 5.91 Å². The molecule has 0 bridgehead atoms. The maximum absolute atomic E-state index is 11.8. The monoisotopic (exact) mass is 254 g/mol. The molecule has 0 atom stereocenters. The summed E-state index contributed by atoms with van der Waals surface area (Å²) in [5.74, 6) is 1.15. The number of carbonyl (C=O) groups is 1. The third-order valence-corrected chi connectivity index (χ3v) is 3.89. The molecule has 1 fully saturated rings. The summed E-state index contributed by atoms with van der Waals surface area (Å²) in [6, 6.07) is 0. The van der Waals surface area contributed by atoms with Crippen LogP contribution in [0.25, 0.3) is 0 Å². The van der Waals surface area contributed by atoms with Gasteiger partial charge >= 0.3 is 0 Å². The molecule has 106 valence electrons. The van der Waals surface area contributed by atoms with E-state index in [1.54, 1.807) is 0 Å². The Hall–Kier alpha value is -0.570. The van der Waals surface area contributed by atoms with Crippen LogP contribution in [-0.2, 0) is 4.79 Å². The number of piperidine rings is 1. The van der Waals surface area contributed by atoms with Crippen LogP contribution in [0.15, 0.2) is 0 Å². The lowest BCUT2D eigenvalue weighted by atomic mass is 9.96. The SMILES string of the molecule is CCCCN(C)CC1CCN(C(=O)CCC)CC1. The molecule has 1 amide bonds. The van der Waals surface area contributed by atoms with E-state index >= 15 is 0 Å². The van der Waals surface area contributed by atoms with E-state index < -0.39 is 0 Å². The highest BCUT2D eigenvalue weighted by molar-refractivity contribution is 5.76. The van der Waals surface area contributed by atoms with Crippen molar-refractivity contribution in [2.75, 3.05) is 33.2 Å². The molecule has 1 aliphatic heterocycles. The third-order valence-electron chi connectivity index (χ3n) is 3.89. The Morgan fingerprint density at radius 2 is 1.89 bits per heavy atom. The van der Waals surface area contributed by atoms with Crippen molar-refractivity contribution in [3.8, 4) is 0 Å². The van der Waals surface area contributed by atoms with E-state index in [0.717, 1.165) is 31.8 Å². The van der Waals surface area contributed by atoms with Crippen LogP contribution in [0.4, 0.5) is 0 Å². The second-order valence-electron chi connectivity index (χ2n) is 5.69. The van der Waals surface area contributed by atoms with Crippen molar-refractivity contribution in [3.05, 3.63) is 0 Å². The van der Waals surface area contributed by atoms with Gasteiger partial charge in [0.1, 0.15) is 0 Å². The Labute approximate surface area is 113 Å². The molecule has 0 radical (unpaired) electrons. The lowest BCUT2D eigenvalue weighted by molar-refractivity contribution is -0.132. The van der Waals surface area contributed by atoms with Gasteiger partial charge < -0.3 is 9.80 Å². The summed E-state index contributed by atoms with van der Waals surface area (Å²) in [5.41, 5.74) is 0. The number of nitrogens with zero attached hydrogens (tertiary/aromatic N) is 2. The van der Waals surface area contributed by atoms with E-state index in [4.69, 9.17) is 0 Å². The quantitative estimate of drug-likeness (QED) is 0.697. The van der Waals surface area contributed by atoms with E-state index in [1.807, 2.05) is 0 Å². The number of hydrogen-bond donors (Lipinski definition) is 0. The zero-order chi connectivity index (χ0) is 13.4. The fraction of sp³-hybridized carbons (Fsp3) is 0.933. The summed E-state index contributed by atoms with van der Waals surface area (Å²) in [6.07, 6.45) is 6.63. The Balaban J connectivity index is 2.20. The molecule has 1 rings (SSSR count). The molecule has 0 aromatic rings. The molecule has 1 heterocycles. The zero-order valence-electron chi connectivity index (χ0n) is 12.5. The molecule has 18 heavy (non-hydrogen) atoms. The van der Waals surface area contributed by atoms with Crippen LogP contribution in [0.2, 0.25) is 0 Å². The van der Waals surface area contributed by atoms with Gasteiger partial charge in [0, 0.05) is 26.1 Å². The van der Waals surface area contributed by atoms with E-state index in [2.05, 4.69) is 30.7 Å². The molecule has 0 N–H and O–H groups in total. The first-order valence-corrected chi connectivity index (χ1v) is 7.63. The van der Waals surface area contributed by atoms with Crippen molar-refractivity contribution in [1.29, 1.82) is 0 Å². The van der Waals surface area contributed by atoms with E-state index in [9.17, 15) is 4.79 Å². The van der Waals surface area contributed by atoms with Crippen LogP contribution in [0, 0.1) is 5.92 Å². The fourth-order valence-corrected chi connectivity index (χ4v) is 2.70. The molecular formula is C15H30N2O. The molecular weight excluding hydrogens is 224 g/mol. The van der Waals surface area contributed by atoms with Crippen LogP contribution in [0.3, 0.4) is 0 Å². The maximum atomic E-state index is 11.8. The molecule has 0 spiro atoms. The number of rotatable bonds is 7. The van der Waals surface area contributed by atoms with Crippen LogP contribution in [-0.4, -0.2) is 48.9 Å². The fourth-order valence-electron chi connectivity index (χ4n) is 2.70. The Morgan fingerprint density at radius 1 is 1.22 bits per heavy atom. The van der Waals surface area contributed by atoms with Gasteiger partial charge in [-0.25, -0.2) is 0 Å². The van der Waals surface area contributed by atoms with Crippen molar-refractivity contribution >= 4 is 5.91 Å². The predicted octanol–water partition coefficient (Wildman–Crippen LogP) is 2.76. The molecule has 1 saturated heterocycles. The van der Waals surface area contributed by atoms with Crippen LogP contribution in [0.5, 0.6) is 0 Å². The van der Waals surface area contributed by atoms with E-state index in [-0.39, 0.29) is 0 Å². The lowest BCUT2D eigenvalue weighted by Crippen LogP contribution is -2.41. The Morgan fingerprint density at radius 3 is 2.44 bits per heavy atom. The second kappa shape index (κ2) is 8.52. The van der Waals surface area contributed by atoms with Crippen molar-refractivity contribution in [2.45, 2.75) is 52.4 Å². The summed E-state index contributed by atoms with van der Waals surface area (Å²) in [7, 11) is 2.23. The molecule has 0 aromatic carbocycles. The van der Waals surface area contributed by atoms with Gasteiger partial charge in [0.2, 0.25) is 5.91 Å². The Kier molecular flexibility index (Phi) is 7.33. The average Bonchev–Trinajstić information content (AvgIpc) is 2.37. The minimum atomic E-state index is 0.357. The second-order valence-corrected chi connectivity index (χ2v) is 5.69. The van der Waals surface area contributed by atoms with Crippen LogP contribution in [0.1, 0.15) is 52.4 Å². The summed E-state index contributed by atoms with van der Waals surface area (Å²) < 4.78 is 0. The first-order chi connectivity index (χ1) is 8.67. The van der Waals surface area contributed by atoms with Gasteiger partial charge in [-0.3, -0.25) is 4.79 Å². The van der Waals surface area contributed by atoms with Gasteiger partial charge in [0.15, 0.2) is 0 Å². The highest BCUT2D eigenvalue weighted by Gasteiger charge is 2.22. The number of hydrogen-bond acceptors (Lipinski definition) is 2. The van der Waals surface area contributed by atoms with Gasteiger partial charge in [-0.2, -0.15) is 0 Å². The van der Waals surface area contributed by atoms with Gasteiger partial charge in [-0.1, -0.05) is 20.3 Å². The molecule has 1 aliphatic rings. The van der Waals surface area contributed by atoms with Gasteiger partial charge in [-0.15, -0.1) is 0 Å². The standard InChI is InChI=1S/C15H30N2O/c1-4-6-10-16(3)13-14-8-11-17(12-9-14)15(18)7-5-2/h14H,4-13H2,1-3H3. The maximum Gasteiger partial charge on any atom is 0.222 e. The third kappa shape index (κ3) is 5.38. The molecule has 3 heteroatoms. The smallest absolute Gasteiger partial charge is 0.222 e. The summed E-state index contributed by atoms with van der Waals surface area (Å²) in [4.78, 5) is 16.3. The van der Waals surface area contributed by atoms with Crippen molar-refractivity contribution in [2.24, 2.45) is 5.92 Å². The van der Waals surface area contributed by atoms with Crippen molar-refractivity contribution < 1.29 is 4.79 Å². The highest BCUT2D eigenvalue weighted by atomic mass is 16.2. The van der Waals surface area contributed by atoms with Gasteiger partial charge in [-0.05, 0) is 45.2 Å². The number of carbonyl (C=O) groups excluding carboxylic acids is 1. The summed E-state index contributed by atoms with van der Waals surface area (Å²) >= 11 is 0. The first kappa shape index (κ1) is 15.5. The normalized spacial score (nSPS) is 17.4. The predicted molar refractivity (Wildman–Crippen MR) is 76.6 cm³/mol. The van der Waals surface area contributed by atoms with Gasteiger partial charge in [0.05, 0.1) is 0 Å². The first-order valence-electron chi connectivity index (χ1n) is 7.63. The number of amides is 1. The molecule has 0 unspecified atom stereocenters. The molecule has 0 saturated carbocycles. The van der Waals surface area contributed by atoms with Gasteiger partial charge in [0.25, 0.3) is 0 Å². The highest BCUT2D eigenvalue weighted by Crippen LogP contribution is 2.19. The summed E-state index contributed by atoms with van der Waals surface area (Å²) in [6.45, 7) is 8.69. The lowest BCUT2D eigenvalue weighted by Gasteiger charge is -2.34. The average molecular weight is 254 g/mol. The molecule has 0 aromatic heterocycles. The topological polar surface area (TPSA) is 23.6 Å². The zero-order valence-corrected chi connectivity index (χ0v) is 12.5.